The Balaban J connectivity index is 1.98. The molecule has 1 aliphatic heterocycles. The van der Waals surface area contributed by atoms with Crippen LogP contribution in [-0.2, 0) is 9.84 Å². The molecule has 1 N–H and O–H groups in total. The van der Waals surface area contributed by atoms with Gasteiger partial charge >= 0.3 is 0 Å². The third kappa shape index (κ3) is 4.04. The lowest BCUT2D eigenvalue weighted by Crippen LogP contribution is -2.45. The third-order valence-electron chi connectivity index (χ3n) is 3.79. The van der Waals surface area contributed by atoms with Gasteiger partial charge in [0.1, 0.15) is 0 Å². The van der Waals surface area contributed by atoms with Gasteiger partial charge in [0.05, 0.1) is 10.6 Å². The summed E-state index contributed by atoms with van der Waals surface area (Å²) in [4.78, 5) is 2.65. The van der Waals surface area contributed by atoms with Crippen molar-refractivity contribution < 1.29 is 8.42 Å². The summed E-state index contributed by atoms with van der Waals surface area (Å²) in [7, 11) is -3.16. The van der Waals surface area contributed by atoms with E-state index in [2.05, 4.69) is 24.1 Å². The van der Waals surface area contributed by atoms with E-state index in [0.29, 0.717) is 17.4 Å². The molecule has 0 spiro atoms. The van der Waals surface area contributed by atoms with Crippen LogP contribution < -0.4 is 5.32 Å². The highest BCUT2D eigenvalue weighted by Gasteiger charge is 2.17. The van der Waals surface area contributed by atoms with Crippen molar-refractivity contribution in [3.05, 3.63) is 29.8 Å². The largest absolute Gasteiger partial charge is 0.314 e. The number of nitrogens with one attached hydrogen (secondary N) is 1. The maximum atomic E-state index is 12.3. The van der Waals surface area contributed by atoms with Gasteiger partial charge < -0.3 is 5.32 Å². The Labute approximate surface area is 122 Å². The number of sulfone groups is 1. The van der Waals surface area contributed by atoms with Gasteiger partial charge in [0.2, 0.25) is 0 Å². The Hall–Kier alpha value is -0.910. The fraction of sp³-hybridized carbons (Fsp3) is 0.600. The first-order chi connectivity index (χ1) is 9.49. The molecule has 0 radical (unpaired) electrons. The fourth-order valence-corrected chi connectivity index (χ4v) is 3.65. The first kappa shape index (κ1) is 15.5. The van der Waals surface area contributed by atoms with E-state index >= 15 is 0 Å². The summed E-state index contributed by atoms with van der Waals surface area (Å²) < 4.78 is 24.6. The van der Waals surface area contributed by atoms with Crippen LogP contribution in [0.2, 0.25) is 0 Å². The zero-order valence-corrected chi connectivity index (χ0v) is 13.1. The molecular formula is C15H24N2O2S. The van der Waals surface area contributed by atoms with E-state index in [0.717, 1.165) is 26.2 Å². The maximum Gasteiger partial charge on any atom is 0.179 e. The van der Waals surface area contributed by atoms with E-state index in [4.69, 9.17) is 0 Å². The zero-order valence-electron chi connectivity index (χ0n) is 12.3. The van der Waals surface area contributed by atoms with Crippen molar-refractivity contribution in [2.75, 3.05) is 38.5 Å². The number of piperazine rings is 1. The van der Waals surface area contributed by atoms with Crippen molar-refractivity contribution >= 4 is 9.84 Å². The topological polar surface area (TPSA) is 49.4 Å². The number of hydrogen-bond donors (Lipinski definition) is 1. The lowest BCUT2D eigenvalue weighted by atomic mass is 10.0. The lowest BCUT2D eigenvalue weighted by molar-refractivity contribution is 0.254. The second kappa shape index (κ2) is 6.70. The molecule has 1 saturated heterocycles. The van der Waals surface area contributed by atoms with Crippen molar-refractivity contribution in [2.45, 2.75) is 24.7 Å². The molecule has 4 nitrogen and oxygen atoms in total. The second-order valence-corrected chi connectivity index (χ2v) is 7.74. The van der Waals surface area contributed by atoms with E-state index in [-0.39, 0.29) is 5.75 Å². The summed E-state index contributed by atoms with van der Waals surface area (Å²) in [5, 5.41) is 3.27. The standard InChI is InChI=1S/C15H24N2O2S/c1-13(2)14-3-5-15(6-4-14)20(18,19)12-11-17-9-7-16-8-10-17/h3-6,13,16H,7-12H2,1-2H3. The molecule has 1 aromatic carbocycles. The van der Waals surface area contributed by atoms with Gasteiger partial charge in [-0.15, -0.1) is 0 Å². The molecule has 1 aliphatic rings. The summed E-state index contributed by atoms with van der Waals surface area (Å²) in [6, 6.07) is 7.32. The van der Waals surface area contributed by atoms with Crippen LogP contribution >= 0.6 is 0 Å². The molecule has 0 aromatic heterocycles. The van der Waals surface area contributed by atoms with Crippen molar-refractivity contribution in [1.82, 2.24) is 10.2 Å². The summed E-state index contributed by atoms with van der Waals surface area (Å²) in [5.74, 6) is 0.626. The van der Waals surface area contributed by atoms with Crippen LogP contribution in [0.5, 0.6) is 0 Å². The molecule has 0 bridgehead atoms. The Bertz CT molecular complexity index is 517. The SMILES string of the molecule is CC(C)c1ccc(S(=O)(=O)CCN2CCNCC2)cc1. The van der Waals surface area contributed by atoms with Gasteiger partial charge in [0.25, 0.3) is 0 Å². The minimum Gasteiger partial charge on any atom is -0.314 e. The molecule has 2 rings (SSSR count). The van der Waals surface area contributed by atoms with E-state index in [1.54, 1.807) is 12.1 Å². The van der Waals surface area contributed by atoms with Gasteiger partial charge in [0, 0.05) is 32.7 Å². The molecule has 0 atom stereocenters. The van der Waals surface area contributed by atoms with Crippen molar-refractivity contribution in [1.29, 1.82) is 0 Å². The summed E-state index contributed by atoms with van der Waals surface area (Å²) >= 11 is 0. The molecule has 112 valence electrons. The molecule has 1 heterocycles. The molecule has 20 heavy (non-hydrogen) atoms. The van der Waals surface area contributed by atoms with E-state index in [9.17, 15) is 8.42 Å². The molecule has 0 amide bonds. The molecule has 0 aliphatic carbocycles. The Morgan fingerprint density at radius 1 is 1.15 bits per heavy atom. The molecule has 5 heteroatoms. The van der Waals surface area contributed by atoms with Crippen LogP contribution in [0.15, 0.2) is 29.2 Å². The predicted octanol–water partition coefficient (Wildman–Crippen LogP) is 1.49. The van der Waals surface area contributed by atoms with Crippen molar-refractivity contribution in [3.8, 4) is 0 Å². The van der Waals surface area contributed by atoms with Gasteiger partial charge in [-0.05, 0) is 23.6 Å². The van der Waals surface area contributed by atoms with Crippen LogP contribution in [0, 0.1) is 0 Å². The van der Waals surface area contributed by atoms with Crippen LogP contribution in [0.4, 0.5) is 0 Å². The molecule has 1 aromatic rings. The first-order valence-corrected chi connectivity index (χ1v) is 8.90. The Morgan fingerprint density at radius 2 is 1.75 bits per heavy atom. The highest BCUT2D eigenvalue weighted by Crippen LogP contribution is 2.18. The highest BCUT2D eigenvalue weighted by molar-refractivity contribution is 7.91. The van der Waals surface area contributed by atoms with Crippen molar-refractivity contribution in [3.63, 3.8) is 0 Å². The molecule has 0 saturated carbocycles. The molecule has 0 unspecified atom stereocenters. The molecule has 1 fully saturated rings. The number of nitrogens with zero attached hydrogens (tertiary/aromatic N) is 1. The summed E-state index contributed by atoms with van der Waals surface area (Å²) in [5.41, 5.74) is 1.17. The minimum absolute atomic E-state index is 0.202. The quantitative estimate of drug-likeness (QED) is 0.894. The average Bonchev–Trinajstić information content (AvgIpc) is 2.46. The van der Waals surface area contributed by atoms with Crippen LogP contribution in [0.1, 0.15) is 25.3 Å². The normalized spacial score (nSPS) is 17.6. The van der Waals surface area contributed by atoms with Gasteiger partial charge in [-0.2, -0.15) is 0 Å². The summed E-state index contributed by atoms with van der Waals surface area (Å²) in [6.07, 6.45) is 0. The average molecular weight is 296 g/mol. The van der Waals surface area contributed by atoms with E-state index in [1.165, 1.54) is 5.56 Å². The van der Waals surface area contributed by atoms with Gasteiger partial charge in [0.15, 0.2) is 9.84 Å². The smallest absolute Gasteiger partial charge is 0.179 e. The molecular weight excluding hydrogens is 272 g/mol. The van der Waals surface area contributed by atoms with Gasteiger partial charge in [-0.1, -0.05) is 26.0 Å². The number of hydrogen-bond acceptors (Lipinski definition) is 4. The van der Waals surface area contributed by atoms with Crippen LogP contribution in [0.3, 0.4) is 0 Å². The monoisotopic (exact) mass is 296 g/mol. The van der Waals surface area contributed by atoms with Crippen LogP contribution in [-0.4, -0.2) is 51.8 Å². The first-order valence-electron chi connectivity index (χ1n) is 7.25. The predicted molar refractivity (Wildman–Crippen MR) is 81.9 cm³/mol. The highest BCUT2D eigenvalue weighted by atomic mass is 32.2. The van der Waals surface area contributed by atoms with E-state index in [1.807, 2.05) is 12.1 Å². The number of rotatable bonds is 5. The minimum atomic E-state index is -3.16. The summed E-state index contributed by atoms with van der Waals surface area (Å²) in [6.45, 7) is 8.59. The maximum absolute atomic E-state index is 12.3. The number of benzene rings is 1. The van der Waals surface area contributed by atoms with Crippen LogP contribution in [0.25, 0.3) is 0 Å². The zero-order chi connectivity index (χ0) is 14.6. The Morgan fingerprint density at radius 3 is 2.30 bits per heavy atom. The van der Waals surface area contributed by atoms with Crippen molar-refractivity contribution in [2.24, 2.45) is 0 Å². The third-order valence-corrected chi connectivity index (χ3v) is 5.50. The van der Waals surface area contributed by atoms with E-state index < -0.39 is 9.84 Å². The fourth-order valence-electron chi connectivity index (χ4n) is 2.36. The van der Waals surface area contributed by atoms with Gasteiger partial charge in [-0.25, -0.2) is 8.42 Å². The lowest BCUT2D eigenvalue weighted by Gasteiger charge is -2.26. The second-order valence-electron chi connectivity index (χ2n) is 5.63. The van der Waals surface area contributed by atoms with Gasteiger partial charge in [-0.3, -0.25) is 4.90 Å². The Kier molecular flexibility index (Phi) is 5.18.